The van der Waals surface area contributed by atoms with Crippen molar-refractivity contribution in [3.05, 3.63) is 66.0 Å². The Morgan fingerprint density at radius 3 is 2.52 bits per heavy atom. The number of piperidine rings is 1. The van der Waals surface area contributed by atoms with Crippen LogP contribution in [0, 0.1) is 11.7 Å². The summed E-state index contributed by atoms with van der Waals surface area (Å²) < 4.78 is 39.9. The molecule has 1 N–H and O–H groups in total. The van der Waals surface area contributed by atoms with Crippen LogP contribution in [0.15, 0.2) is 59.5 Å². The Bertz CT molecular complexity index is 870. The van der Waals surface area contributed by atoms with Crippen molar-refractivity contribution in [2.45, 2.75) is 24.2 Å². The SMILES string of the molecule is O=C(NCCc1ccccc1)C1CCCN(S(=O)(=O)c2ccc(F)cc2)C1. The van der Waals surface area contributed by atoms with Crippen LogP contribution in [0.2, 0.25) is 0 Å². The molecule has 3 rings (SSSR count). The minimum absolute atomic E-state index is 0.0500. The third kappa shape index (κ3) is 4.93. The standard InChI is InChI=1S/C20H23FN2O3S/c21-18-8-10-19(11-9-18)27(25,26)23-14-4-7-17(15-23)20(24)22-13-12-16-5-2-1-3-6-16/h1-3,5-6,8-11,17H,4,7,12-15H2,(H,22,24). The molecule has 1 heterocycles. The molecule has 0 aromatic heterocycles. The Labute approximate surface area is 159 Å². The number of carbonyl (C=O) groups is 1. The Kier molecular flexibility index (Phi) is 6.23. The van der Waals surface area contributed by atoms with Gasteiger partial charge in [0.1, 0.15) is 5.82 Å². The Balaban J connectivity index is 1.58. The first kappa shape index (κ1) is 19.5. The van der Waals surface area contributed by atoms with E-state index in [2.05, 4.69) is 5.32 Å². The predicted molar refractivity (Wildman–Crippen MR) is 101 cm³/mol. The van der Waals surface area contributed by atoms with E-state index < -0.39 is 15.8 Å². The molecule has 0 bridgehead atoms. The van der Waals surface area contributed by atoms with Gasteiger partial charge in [0.25, 0.3) is 0 Å². The van der Waals surface area contributed by atoms with Crippen LogP contribution in [-0.4, -0.2) is 38.3 Å². The summed E-state index contributed by atoms with van der Waals surface area (Å²) in [5.41, 5.74) is 1.14. The van der Waals surface area contributed by atoms with Gasteiger partial charge in [-0.3, -0.25) is 4.79 Å². The molecular weight excluding hydrogens is 367 g/mol. The molecule has 5 nitrogen and oxygen atoms in total. The van der Waals surface area contributed by atoms with Crippen molar-refractivity contribution >= 4 is 15.9 Å². The number of carbonyl (C=O) groups excluding carboxylic acids is 1. The fourth-order valence-electron chi connectivity index (χ4n) is 3.25. The summed E-state index contributed by atoms with van der Waals surface area (Å²) in [6.07, 6.45) is 2.01. The number of halogens is 1. The van der Waals surface area contributed by atoms with Gasteiger partial charge in [0.15, 0.2) is 0 Å². The minimum atomic E-state index is -3.72. The van der Waals surface area contributed by atoms with Crippen LogP contribution in [-0.2, 0) is 21.2 Å². The molecule has 1 amide bonds. The summed E-state index contributed by atoms with van der Waals surface area (Å²) >= 11 is 0. The van der Waals surface area contributed by atoms with Gasteiger partial charge in [-0.2, -0.15) is 4.31 Å². The molecule has 144 valence electrons. The highest BCUT2D eigenvalue weighted by Crippen LogP contribution is 2.24. The van der Waals surface area contributed by atoms with Gasteiger partial charge >= 0.3 is 0 Å². The number of nitrogens with zero attached hydrogens (tertiary/aromatic N) is 1. The van der Waals surface area contributed by atoms with Crippen molar-refractivity contribution in [2.24, 2.45) is 5.92 Å². The van der Waals surface area contributed by atoms with Gasteiger partial charge in [-0.25, -0.2) is 12.8 Å². The van der Waals surface area contributed by atoms with Gasteiger partial charge in [-0.15, -0.1) is 0 Å². The van der Waals surface area contributed by atoms with E-state index in [1.165, 1.54) is 16.4 Å². The van der Waals surface area contributed by atoms with E-state index in [0.717, 1.165) is 24.1 Å². The van der Waals surface area contributed by atoms with Crippen molar-refractivity contribution in [1.29, 1.82) is 0 Å². The fourth-order valence-corrected chi connectivity index (χ4v) is 4.77. The van der Waals surface area contributed by atoms with Crippen molar-refractivity contribution in [3.63, 3.8) is 0 Å². The number of sulfonamides is 1. The summed E-state index contributed by atoms with van der Waals surface area (Å²) in [5.74, 6) is -0.974. The average molecular weight is 390 g/mol. The second-order valence-corrected chi connectivity index (χ2v) is 8.62. The molecule has 0 aliphatic carbocycles. The van der Waals surface area contributed by atoms with Crippen molar-refractivity contribution in [1.82, 2.24) is 9.62 Å². The summed E-state index contributed by atoms with van der Waals surface area (Å²) in [4.78, 5) is 12.5. The smallest absolute Gasteiger partial charge is 0.243 e. The molecule has 2 aromatic carbocycles. The molecule has 1 aliphatic heterocycles. The normalized spacial score (nSPS) is 18.2. The maximum absolute atomic E-state index is 13.1. The topological polar surface area (TPSA) is 66.5 Å². The highest BCUT2D eigenvalue weighted by Gasteiger charge is 2.33. The lowest BCUT2D eigenvalue weighted by molar-refractivity contribution is -0.126. The molecule has 1 atom stereocenters. The van der Waals surface area contributed by atoms with Gasteiger partial charge in [0.2, 0.25) is 15.9 Å². The molecule has 0 saturated carbocycles. The van der Waals surface area contributed by atoms with Gasteiger partial charge < -0.3 is 5.32 Å². The number of benzene rings is 2. The number of amides is 1. The number of hydrogen-bond donors (Lipinski definition) is 1. The molecule has 0 spiro atoms. The predicted octanol–water partition coefficient (Wildman–Crippen LogP) is 2.59. The molecule has 1 aliphatic rings. The van der Waals surface area contributed by atoms with Gasteiger partial charge in [0.05, 0.1) is 10.8 Å². The highest BCUT2D eigenvalue weighted by molar-refractivity contribution is 7.89. The van der Waals surface area contributed by atoms with E-state index in [4.69, 9.17) is 0 Å². The molecule has 1 unspecified atom stereocenters. The summed E-state index contributed by atoms with van der Waals surface area (Å²) in [6, 6.07) is 14.6. The first-order valence-electron chi connectivity index (χ1n) is 9.04. The third-order valence-electron chi connectivity index (χ3n) is 4.76. The Morgan fingerprint density at radius 2 is 1.81 bits per heavy atom. The number of nitrogens with one attached hydrogen (secondary N) is 1. The lowest BCUT2D eigenvalue weighted by Crippen LogP contribution is -2.45. The van der Waals surface area contributed by atoms with Crippen LogP contribution in [0.4, 0.5) is 4.39 Å². The van der Waals surface area contributed by atoms with E-state index >= 15 is 0 Å². The lowest BCUT2D eigenvalue weighted by atomic mass is 9.99. The zero-order valence-electron chi connectivity index (χ0n) is 15.0. The van der Waals surface area contributed by atoms with E-state index in [-0.39, 0.29) is 23.3 Å². The summed E-state index contributed by atoms with van der Waals surface area (Å²) in [7, 11) is -3.72. The van der Waals surface area contributed by atoms with Crippen LogP contribution in [0.25, 0.3) is 0 Å². The molecule has 7 heteroatoms. The maximum atomic E-state index is 13.1. The zero-order chi connectivity index (χ0) is 19.3. The molecule has 1 fully saturated rings. The largest absolute Gasteiger partial charge is 0.355 e. The highest BCUT2D eigenvalue weighted by atomic mass is 32.2. The minimum Gasteiger partial charge on any atom is -0.355 e. The Morgan fingerprint density at radius 1 is 1.11 bits per heavy atom. The fraction of sp³-hybridized carbons (Fsp3) is 0.350. The van der Waals surface area contributed by atoms with Gasteiger partial charge in [0, 0.05) is 19.6 Å². The monoisotopic (exact) mass is 390 g/mol. The van der Waals surface area contributed by atoms with Crippen LogP contribution in [0.1, 0.15) is 18.4 Å². The molecule has 27 heavy (non-hydrogen) atoms. The third-order valence-corrected chi connectivity index (χ3v) is 6.64. The van der Waals surface area contributed by atoms with Crippen LogP contribution in [0.5, 0.6) is 0 Å². The summed E-state index contributed by atoms with van der Waals surface area (Å²) in [5, 5.41) is 2.91. The van der Waals surface area contributed by atoms with Crippen LogP contribution >= 0.6 is 0 Å². The number of hydrogen-bond acceptors (Lipinski definition) is 3. The van der Waals surface area contributed by atoms with Gasteiger partial charge in [-0.05, 0) is 49.1 Å². The van der Waals surface area contributed by atoms with Crippen molar-refractivity contribution in [3.8, 4) is 0 Å². The molecule has 0 radical (unpaired) electrons. The maximum Gasteiger partial charge on any atom is 0.243 e. The van der Waals surface area contributed by atoms with E-state index in [1.54, 1.807) is 0 Å². The Hall–Kier alpha value is -2.25. The van der Waals surface area contributed by atoms with E-state index in [0.29, 0.717) is 25.9 Å². The molecular formula is C20H23FN2O3S. The van der Waals surface area contributed by atoms with E-state index in [9.17, 15) is 17.6 Å². The lowest BCUT2D eigenvalue weighted by Gasteiger charge is -2.31. The first-order valence-corrected chi connectivity index (χ1v) is 10.5. The van der Waals surface area contributed by atoms with Crippen molar-refractivity contribution in [2.75, 3.05) is 19.6 Å². The van der Waals surface area contributed by atoms with Crippen molar-refractivity contribution < 1.29 is 17.6 Å². The van der Waals surface area contributed by atoms with Gasteiger partial charge in [-0.1, -0.05) is 30.3 Å². The van der Waals surface area contributed by atoms with E-state index in [1.807, 2.05) is 30.3 Å². The summed E-state index contributed by atoms with van der Waals surface area (Å²) in [6.45, 7) is 1.04. The number of rotatable bonds is 6. The molecule has 1 saturated heterocycles. The van der Waals surface area contributed by atoms with Crippen LogP contribution in [0.3, 0.4) is 0 Å². The quantitative estimate of drug-likeness (QED) is 0.824. The second-order valence-electron chi connectivity index (χ2n) is 6.68. The zero-order valence-corrected chi connectivity index (χ0v) is 15.8. The second kappa shape index (κ2) is 8.63. The first-order chi connectivity index (χ1) is 13.0. The molecule has 2 aromatic rings. The van der Waals surface area contributed by atoms with Crippen LogP contribution < -0.4 is 5.32 Å². The average Bonchev–Trinajstić information content (AvgIpc) is 2.69.